The molecule has 0 saturated heterocycles. The normalized spacial score (nSPS) is 13.6. The number of halogens is 1. The van der Waals surface area contributed by atoms with E-state index in [4.69, 9.17) is 9.63 Å². The lowest BCUT2D eigenvalue weighted by Gasteiger charge is -2.13. The molecule has 2 atom stereocenters. The van der Waals surface area contributed by atoms with Crippen LogP contribution in [-0.4, -0.2) is 35.1 Å². The fourth-order valence-corrected chi connectivity index (χ4v) is 4.01. The SMILES string of the molecule is Cc1cc(C)c(C=CCO[PH](=O)CC(O)CC(=O)O)c(-c2ccc(F)c(C)c2)c1. The van der Waals surface area contributed by atoms with Crippen LogP contribution in [0.4, 0.5) is 4.39 Å². The summed E-state index contributed by atoms with van der Waals surface area (Å²) in [6, 6.07) is 9.08. The number of rotatable bonds is 9. The molecule has 0 heterocycles. The molecule has 2 aromatic rings. The first-order valence-electron chi connectivity index (χ1n) is 9.27. The van der Waals surface area contributed by atoms with Crippen LogP contribution in [0.1, 0.15) is 28.7 Å². The summed E-state index contributed by atoms with van der Waals surface area (Å²) in [4.78, 5) is 10.5. The van der Waals surface area contributed by atoms with Crippen LogP contribution < -0.4 is 0 Å². The smallest absolute Gasteiger partial charge is 0.305 e. The number of carboxylic acid groups (broad SMARTS) is 1. The van der Waals surface area contributed by atoms with Crippen molar-refractivity contribution in [3.05, 3.63) is 64.5 Å². The van der Waals surface area contributed by atoms with Crippen LogP contribution in [0.5, 0.6) is 0 Å². The molecule has 0 aliphatic rings. The summed E-state index contributed by atoms with van der Waals surface area (Å²) in [7, 11) is -2.53. The Hall–Kier alpha value is -2.27. The van der Waals surface area contributed by atoms with Crippen LogP contribution in [0.25, 0.3) is 17.2 Å². The predicted octanol–water partition coefficient (Wildman–Crippen LogP) is 4.76. The summed E-state index contributed by atoms with van der Waals surface area (Å²) in [5.74, 6) is -1.40. The van der Waals surface area contributed by atoms with Crippen LogP contribution in [0.15, 0.2) is 36.4 Å². The standard InChI is InChI=1S/C22H26FO5P/c1-14-9-15(2)19(20(10-14)17-6-7-21(23)16(3)11-17)5-4-8-28-29(27)13-18(24)12-22(25)26/h4-7,9-11,18,24,29H,8,12-13H2,1-3H3,(H,25,26). The van der Waals surface area contributed by atoms with Gasteiger partial charge in [-0.3, -0.25) is 9.36 Å². The highest BCUT2D eigenvalue weighted by molar-refractivity contribution is 7.39. The van der Waals surface area contributed by atoms with Gasteiger partial charge < -0.3 is 14.7 Å². The Morgan fingerprint density at radius 2 is 1.93 bits per heavy atom. The minimum Gasteiger partial charge on any atom is -0.481 e. The number of hydrogen-bond acceptors (Lipinski definition) is 4. The maximum Gasteiger partial charge on any atom is 0.305 e. The minimum atomic E-state index is -2.53. The van der Waals surface area contributed by atoms with Gasteiger partial charge in [0.25, 0.3) is 0 Å². The van der Waals surface area contributed by atoms with E-state index in [2.05, 4.69) is 0 Å². The fourth-order valence-electron chi connectivity index (χ4n) is 3.08. The van der Waals surface area contributed by atoms with E-state index in [9.17, 15) is 18.9 Å². The second kappa shape index (κ2) is 10.5. The molecular weight excluding hydrogens is 394 g/mol. The lowest BCUT2D eigenvalue weighted by atomic mass is 9.92. The number of aliphatic carboxylic acids is 1. The van der Waals surface area contributed by atoms with Crippen molar-refractivity contribution < 1.29 is 28.5 Å². The van der Waals surface area contributed by atoms with Crippen molar-refractivity contribution in [2.75, 3.05) is 12.8 Å². The topological polar surface area (TPSA) is 83.8 Å². The van der Waals surface area contributed by atoms with Gasteiger partial charge >= 0.3 is 5.97 Å². The van der Waals surface area contributed by atoms with Crippen molar-refractivity contribution in [2.45, 2.75) is 33.3 Å². The molecule has 29 heavy (non-hydrogen) atoms. The van der Waals surface area contributed by atoms with Crippen LogP contribution in [0, 0.1) is 26.6 Å². The number of carbonyl (C=O) groups is 1. The minimum absolute atomic E-state index is 0.0762. The van der Waals surface area contributed by atoms with Crippen LogP contribution in [0.2, 0.25) is 0 Å². The summed E-state index contributed by atoms with van der Waals surface area (Å²) in [5, 5.41) is 18.1. The van der Waals surface area contributed by atoms with Crippen molar-refractivity contribution >= 4 is 20.1 Å². The average Bonchev–Trinajstić information content (AvgIpc) is 2.61. The molecule has 0 aliphatic carbocycles. The third-order valence-corrected chi connectivity index (χ3v) is 5.73. The van der Waals surface area contributed by atoms with E-state index >= 15 is 0 Å². The molecule has 0 spiro atoms. The molecule has 0 amide bonds. The van der Waals surface area contributed by atoms with Gasteiger partial charge in [0.05, 0.1) is 19.1 Å². The lowest BCUT2D eigenvalue weighted by molar-refractivity contribution is -0.138. The van der Waals surface area contributed by atoms with E-state index in [1.807, 2.05) is 32.1 Å². The largest absolute Gasteiger partial charge is 0.481 e. The van der Waals surface area contributed by atoms with Gasteiger partial charge in [-0.05, 0) is 60.7 Å². The van der Waals surface area contributed by atoms with E-state index in [1.165, 1.54) is 6.07 Å². The highest BCUT2D eigenvalue weighted by atomic mass is 31.1. The first kappa shape index (κ1) is 23.0. The zero-order valence-electron chi connectivity index (χ0n) is 16.7. The highest BCUT2D eigenvalue weighted by Crippen LogP contribution is 2.30. The van der Waals surface area contributed by atoms with Gasteiger partial charge in [0.15, 0.2) is 8.03 Å². The molecule has 0 aromatic heterocycles. The summed E-state index contributed by atoms with van der Waals surface area (Å²) < 4.78 is 30.7. The third-order valence-electron chi connectivity index (χ3n) is 4.44. The maximum absolute atomic E-state index is 13.7. The highest BCUT2D eigenvalue weighted by Gasteiger charge is 2.13. The van der Waals surface area contributed by atoms with E-state index in [1.54, 1.807) is 25.1 Å². The molecule has 156 valence electrons. The maximum atomic E-state index is 13.7. The molecule has 0 fully saturated rings. The van der Waals surface area contributed by atoms with Gasteiger partial charge in [-0.2, -0.15) is 0 Å². The first-order chi connectivity index (χ1) is 13.7. The fraction of sp³-hybridized carbons (Fsp3) is 0.318. The Balaban J connectivity index is 2.13. The van der Waals surface area contributed by atoms with Gasteiger partial charge in [-0.15, -0.1) is 0 Å². The summed E-state index contributed by atoms with van der Waals surface area (Å²) in [5.41, 5.74) is 5.52. The molecule has 0 saturated carbocycles. The van der Waals surface area contributed by atoms with Gasteiger partial charge in [0, 0.05) is 6.16 Å². The number of aliphatic hydroxyl groups excluding tert-OH is 1. The summed E-state index contributed by atoms with van der Waals surface area (Å²) in [6.45, 7) is 5.78. The Morgan fingerprint density at radius 3 is 2.59 bits per heavy atom. The van der Waals surface area contributed by atoms with Gasteiger partial charge in [0.1, 0.15) is 5.82 Å². The van der Waals surface area contributed by atoms with Crippen LogP contribution in [-0.2, 0) is 13.9 Å². The Morgan fingerprint density at radius 1 is 1.21 bits per heavy atom. The van der Waals surface area contributed by atoms with Crippen molar-refractivity contribution in [3.63, 3.8) is 0 Å². The van der Waals surface area contributed by atoms with Crippen molar-refractivity contribution in [1.29, 1.82) is 0 Å². The lowest BCUT2D eigenvalue weighted by Crippen LogP contribution is -2.15. The molecule has 5 nitrogen and oxygen atoms in total. The molecule has 2 aromatic carbocycles. The Kier molecular flexibility index (Phi) is 8.32. The number of carboxylic acids is 1. The van der Waals surface area contributed by atoms with Crippen LogP contribution in [0.3, 0.4) is 0 Å². The Labute approximate surface area is 170 Å². The van der Waals surface area contributed by atoms with Crippen molar-refractivity contribution in [3.8, 4) is 11.1 Å². The molecule has 7 heteroatoms. The van der Waals surface area contributed by atoms with Crippen molar-refractivity contribution in [1.82, 2.24) is 0 Å². The zero-order chi connectivity index (χ0) is 21.6. The summed E-state index contributed by atoms with van der Waals surface area (Å²) >= 11 is 0. The van der Waals surface area contributed by atoms with Gasteiger partial charge in [-0.25, -0.2) is 4.39 Å². The van der Waals surface area contributed by atoms with E-state index < -0.39 is 26.5 Å². The quantitative estimate of drug-likeness (QED) is 0.572. The zero-order valence-corrected chi connectivity index (χ0v) is 17.7. The monoisotopic (exact) mass is 420 g/mol. The van der Waals surface area contributed by atoms with Gasteiger partial charge in [-0.1, -0.05) is 35.9 Å². The molecular formula is C22H26FO5P. The van der Waals surface area contributed by atoms with Crippen LogP contribution >= 0.6 is 8.03 Å². The third kappa shape index (κ3) is 6.93. The Bertz CT molecular complexity index is 939. The van der Waals surface area contributed by atoms with E-state index in [0.29, 0.717) is 5.56 Å². The van der Waals surface area contributed by atoms with E-state index in [-0.39, 0.29) is 18.6 Å². The van der Waals surface area contributed by atoms with Crippen molar-refractivity contribution in [2.24, 2.45) is 0 Å². The second-order valence-corrected chi connectivity index (χ2v) is 8.49. The average molecular weight is 420 g/mol. The summed E-state index contributed by atoms with van der Waals surface area (Å²) in [6.07, 6.45) is 1.76. The number of benzene rings is 2. The number of hydrogen-bond donors (Lipinski definition) is 2. The molecule has 0 aliphatic heterocycles. The second-order valence-electron chi connectivity index (χ2n) is 7.05. The molecule has 0 radical (unpaired) electrons. The molecule has 2 N–H and O–H groups in total. The van der Waals surface area contributed by atoms with Gasteiger partial charge in [0.2, 0.25) is 0 Å². The first-order valence-corrected chi connectivity index (χ1v) is 10.8. The molecule has 0 bridgehead atoms. The molecule has 2 rings (SSSR count). The molecule has 2 unspecified atom stereocenters. The number of aryl methyl sites for hydroxylation is 3. The number of aliphatic hydroxyl groups is 1. The van der Waals surface area contributed by atoms with E-state index in [0.717, 1.165) is 27.8 Å². The predicted molar refractivity (Wildman–Crippen MR) is 113 cm³/mol.